The first-order valence-electron chi connectivity index (χ1n) is 7.21. The van der Waals surface area contributed by atoms with Gasteiger partial charge in [0, 0.05) is 17.3 Å². The highest BCUT2D eigenvalue weighted by atomic mass is 32.2. The maximum Gasteiger partial charge on any atom is 0.230 e. The number of furan rings is 1. The van der Waals surface area contributed by atoms with E-state index in [1.54, 1.807) is 42.9 Å². The maximum absolute atomic E-state index is 12.8. The van der Waals surface area contributed by atoms with Gasteiger partial charge in [-0.05, 0) is 36.4 Å². The number of benzene rings is 1. The van der Waals surface area contributed by atoms with Crippen molar-refractivity contribution in [2.75, 3.05) is 5.75 Å². The summed E-state index contributed by atoms with van der Waals surface area (Å²) in [5.41, 5.74) is 1.24. The van der Waals surface area contributed by atoms with Crippen molar-refractivity contribution >= 4 is 17.7 Å². The van der Waals surface area contributed by atoms with Crippen LogP contribution in [0.25, 0.3) is 11.5 Å². The Morgan fingerprint density at radius 3 is 2.71 bits per heavy atom. The SMILES string of the molecule is O=C(CSc1ccc(F)cc1)NCc1nccnc1-c1ccco1. The largest absolute Gasteiger partial charge is 0.463 e. The molecule has 5 nitrogen and oxygen atoms in total. The molecule has 3 aromatic rings. The molecule has 24 heavy (non-hydrogen) atoms. The molecular weight excluding hydrogens is 329 g/mol. The van der Waals surface area contributed by atoms with E-state index in [9.17, 15) is 9.18 Å². The van der Waals surface area contributed by atoms with Crippen LogP contribution in [0.1, 0.15) is 5.69 Å². The molecule has 1 amide bonds. The summed E-state index contributed by atoms with van der Waals surface area (Å²) in [5.74, 6) is 0.410. The van der Waals surface area contributed by atoms with Gasteiger partial charge in [-0.1, -0.05) is 0 Å². The molecule has 0 aliphatic heterocycles. The van der Waals surface area contributed by atoms with E-state index in [4.69, 9.17) is 4.42 Å². The van der Waals surface area contributed by atoms with Gasteiger partial charge >= 0.3 is 0 Å². The third kappa shape index (κ3) is 4.20. The van der Waals surface area contributed by atoms with Gasteiger partial charge in [-0.25, -0.2) is 9.37 Å². The van der Waals surface area contributed by atoms with Crippen molar-refractivity contribution in [2.45, 2.75) is 11.4 Å². The number of nitrogens with zero attached hydrogens (tertiary/aromatic N) is 2. The summed E-state index contributed by atoms with van der Waals surface area (Å²) in [6.07, 6.45) is 4.71. The Morgan fingerprint density at radius 2 is 1.96 bits per heavy atom. The Labute approximate surface area is 142 Å². The van der Waals surface area contributed by atoms with Crippen molar-refractivity contribution in [1.29, 1.82) is 0 Å². The first-order chi connectivity index (χ1) is 11.7. The second-order valence-corrected chi connectivity index (χ2v) is 5.90. The van der Waals surface area contributed by atoms with Crippen LogP contribution >= 0.6 is 11.8 Å². The van der Waals surface area contributed by atoms with Gasteiger partial charge in [0.2, 0.25) is 5.91 Å². The molecule has 1 N–H and O–H groups in total. The average Bonchev–Trinajstić information content (AvgIpc) is 3.14. The zero-order valence-electron chi connectivity index (χ0n) is 12.6. The number of halogens is 1. The number of carbonyl (C=O) groups excluding carboxylic acids is 1. The van der Waals surface area contributed by atoms with E-state index in [2.05, 4.69) is 15.3 Å². The fourth-order valence-corrected chi connectivity index (χ4v) is 2.76. The summed E-state index contributed by atoms with van der Waals surface area (Å²) >= 11 is 1.34. The van der Waals surface area contributed by atoms with Gasteiger partial charge < -0.3 is 9.73 Å². The molecule has 0 bridgehead atoms. The predicted octanol–water partition coefficient (Wildman–Crippen LogP) is 3.28. The third-order valence-corrected chi connectivity index (χ3v) is 4.18. The lowest BCUT2D eigenvalue weighted by Crippen LogP contribution is -2.25. The summed E-state index contributed by atoms with van der Waals surface area (Å²) in [5, 5.41) is 2.80. The van der Waals surface area contributed by atoms with Crippen LogP contribution in [0.3, 0.4) is 0 Å². The first kappa shape index (κ1) is 16.2. The van der Waals surface area contributed by atoms with Crippen LogP contribution in [0.2, 0.25) is 0 Å². The maximum atomic E-state index is 12.8. The smallest absolute Gasteiger partial charge is 0.230 e. The topological polar surface area (TPSA) is 68.0 Å². The lowest BCUT2D eigenvalue weighted by molar-refractivity contribution is -0.118. The van der Waals surface area contributed by atoms with Crippen LogP contribution in [0.4, 0.5) is 4.39 Å². The number of aromatic nitrogens is 2. The van der Waals surface area contributed by atoms with E-state index in [0.29, 0.717) is 17.1 Å². The fourth-order valence-electron chi connectivity index (χ4n) is 2.03. The summed E-state index contributed by atoms with van der Waals surface area (Å²) in [4.78, 5) is 21.3. The molecule has 3 rings (SSSR count). The predicted molar refractivity (Wildman–Crippen MR) is 88.7 cm³/mol. The Bertz CT molecular complexity index is 807. The van der Waals surface area contributed by atoms with Gasteiger partial charge in [-0.3, -0.25) is 9.78 Å². The summed E-state index contributed by atoms with van der Waals surface area (Å²) in [7, 11) is 0. The highest BCUT2D eigenvalue weighted by molar-refractivity contribution is 8.00. The van der Waals surface area contributed by atoms with Crippen LogP contribution in [0, 0.1) is 5.82 Å². The number of nitrogens with one attached hydrogen (secondary N) is 1. The van der Waals surface area contributed by atoms with Gasteiger partial charge in [0.05, 0.1) is 24.3 Å². The second kappa shape index (κ2) is 7.74. The van der Waals surface area contributed by atoms with E-state index in [-0.39, 0.29) is 24.0 Å². The first-order valence-corrected chi connectivity index (χ1v) is 8.20. The average molecular weight is 343 g/mol. The highest BCUT2D eigenvalue weighted by Gasteiger charge is 2.11. The van der Waals surface area contributed by atoms with Crippen LogP contribution < -0.4 is 5.32 Å². The zero-order chi connectivity index (χ0) is 16.8. The van der Waals surface area contributed by atoms with Crippen LogP contribution in [-0.4, -0.2) is 21.6 Å². The molecule has 0 saturated heterocycles. The van der Waals surface area contributed by atoms with Gasteiger partial charge in [0.25, 0.3) is 0 Å². The molecule has 0 aliphatic rings. The standard InChI is InChI=1S/C17H14FN3O2S/c18-12-3-5-13(6-4-12)24-11-16(22)21-10-14-17(20-8-7-19-14)15-2-1-9-23-15/h1-9H,10-11H2,(H,21,22). The van der Waals surface area contributed by atoms with Crippen molar-refractivity contribution in [1.82, 2.24) is 15.3 Å². The van der Waals surface area contributed by atoms with E-state index >= 15 is 0 Å². The summed E-state index contributed by atoms with van der Waals surface area (Å²) in [6, 6.07) is 9.59. The van der Waals surface area contributed by atoms with Gasteiger partial charge in [0.1, 0.15) is 11.5 Å². The lowest BCUT2D eigenvalue weighted by atomic mass is 10.2. The number of hydrogen-bond donors (Lipinski definition) is 1. The number of carbonyl (C=O) groups is 1. The lowest BCUT2D eigenvalue weighted by Gasteiger charge is -2.07. The molecule has 1 aromatic carbocycles. The van der Waals surface area contributed by atoms with Crippen molar-refractivity contribution in [3.05, 3.63) is 66.6 Å². The van der Waals surface area contributed by atoms with Crippen molar-refractivity contribution in [3.63, 3.8) is 0 Å². The van der Waals surface area contributed by atoms with Gasteiger partial charge in [-0.2, -0.15) is 0 Å². The Morgan fingerprint density at radius 1 is 1.17 bits per heavy atom. The van der Waals surface area contributed by atoms with E-state index in [0.717, 1.165) is 4.90 Å². The molecule has 0 saturated carbocycles. The van der Waals surface area contributed by atoms with E-state index in [1.807, 2.05) is 0 Å². The number of hydrogen-bond acceptors (Lipinski definition) is 5. The monoisotopic (exact) mass is 343 g/mol. The van der Waals surface area contributed by atoms with E-state index < -0.39 is 0 Å². The molecule has 0 aliphatic carbocycles. The molecular formula is C17H14FN3O2S. The van der Waals surface area contributed by atoms with Crippen LogP contribution in [0.15, 0.2) is 64.4 Å². The number of thioether (sulfide) groups is 1. The molecule has 0 fully saturated rings. The summed E-state index contributed by atoms with van der Waals surface area (Å²) < 4.78 is 18.2. The molecule has 7 heteroatoms. The van der Waals surface area contributed by atoms with Crippen LogP contribution in [-0.2, 0) is 11.3 Å². The molecule has 0 unspecified atom stereocenters. The van der Waals surface area contributed by atoms with Crippen molar-refractivity contribution in [3.8, 4) is 11.5 Å². The molecule has 2 aromatic heterocycles. The van der Waals surface area contributed by atoms with Crippen LogP contribution in [0.5, 0.6) is 0 Å². The van der Waals surface area contributed by atoms with Gasteiger partial charge in [-0.15, -0.1) is 11.8 Å². The Kier molecular flexibility index (Phi) is 5.22. The highest BCUT2D eigenvalue weighted by Crippen LogP contribution is 2.20. The quantitative estimate of drug-likeness (QED) is 0.696. The van der Waals surface area contributed by atoms with Crippen molar-refractivity contribution in [2.24, 2.45) is 0 Å². The number of amides is 1. The summed E-state index contributed by atoms with van der Waals surface area (Å²) in [6.45, 7) is 0.257. The molecule has 0 spiro atoms. The Hall–Kier alpha value is -2.67. The fraction of sp³-hybridized carbons (Fsp3) is 0.118. The minimum Gasteiger partial charge on any atom is -0.463 e. The number of rotatable bonds is 6. The molecule has 0 radical (unpaired) electrons. The Balaban J connectivity index is 1.56. The molecule has 0 atom stereocenters. The second-order valence-electron chi connectivity index (χ2n) is 4.85. The minimum absolute atomic E-state index is 0.139. The minimum atomic E-state index is -0.295. The normalized spacial score (nSPS) is 10.5. The van der Waals surface area contributed by atoms with E-state index in [1.165, 1.54) is 23.9 Å². The zero-order valence-corrected chi connectivity index (χ0v) is 13.4. The molecule has 2 heterocycles. The van der Waals surface area contributed by atoms with Gasteiger partial charge in [0.15, 0.2) is 5.76 Å². The molecule has 122 valence electrons. The third-order valence-electron chi connectivity index (χ3n) is 3.17. The van der Waals surface area contributed by atoms with Crippen molar-refractivity contribution < 1.29 is 13.6 Å².